The number of nitrogens with zero attached hydrogens (tertiary/aromatic N) is 2. The van der Waals surface area contributed by atoms with Crippen molar-refractivity contribution in [1.29, 1.82) is 0 Å². The second-order valence-corrected chi connectivity index (χ2v) is 8.52. The third kappa shape index (κ3) is 5.41. The molecule has 0 aliphatic carbocycles. The number of rotatable bonds is 7. The zero-order chi connectivity index (χ0) is 22.5. The Labute approximate surface area is 184 Å². The molecule has 0 radical (unpaired) electrons. The van der Waals surface area contributed by atoms with Gasteiger partial charge in [-0.05, 0) is 32.3 Å². The average Bonchev–Trinajstić information content (AvgIpc) is 3.36. The first-order valence-electron chi connectivity index (χ1n) is 10.3. The molecule has 2 saturated heterocycles. The average molecular weight is 453 g/mol. The summed E-state index contributed by atoms with van der Waals surface area (Å²) in [6.07, 6.45) is 1.33. The van der Waals surface area contributed by atoms with Gasteiger partial charge in [0.15, 0.2) is 0 Å². The molecule has 31 heavy (non-hydrogen) atoms. The van der Waals surface area contributed by atoms with Gasteiger partial charge in [-0.15, -0.1) is 11.3 Å². The summed E-state index contributed by atoms with van der Waals surface area (Å²) in [6.45, 7) is 6.37. The number of amides is 3. The molecule has 3 amide bonds. The molecular weight excluding hydrogens is 424 g/mol. The highest BCUT2D eigenvalue weighted by atomic mass is 32.1. The van der Waals surface area contributed by atoms with Gasteiger partial charge in [0, 0.05) is 32.8 Å². The van der Waals surface area contributed by atoms with Gasteiger partial charge >= 0.3 is 5.97 Å². The molecule has 10 nitrogen and oxygen atoms in total. The molecule has 0 spiro atoms. The van der Waals surface area contributed by atoms with Crippen LogP contribution in [0.15, 0.2) is 0 Å². The molecular formula is C20H28N4O6S. The van der Waals surface area contributed by atoms with Crippen molar-refractivity contribution in [2.24, 2.45) is 5.73 Å². The van der Waals surface area contributed by atoms with Gasteiger partial charge < -0.3 is 25.4 Å². The second-order valence-electron chi connectivity index (χ2n) is 7.50. The van der Waals surface area contributed by atoms with E-state index in [4.69, 9.17) is 15.2 Å². The predicted molar refractivity (Wildman–Crippen MR) is 114 cm³/mol. The van der Waals surface area contributed by atoms with E-state index in [1.54, 1.807) is 18.7 Å². The first-order valence-corrected chi connectivity index (χ1v) is 11.2. The Morgan fingerprint density at radius 3 is 2.52 bits per heavy atom. The van der Waals surface area contributed by atoms with E-state index >= 15 is 0 Å². The molecule has 1 aromatic heterocycles. The lowest BCUT2D eigenvalue weighted by Crippen LogP contribution is -2.52. The van der Waals surface area contributed by atoms with Crippen LogP contribution in [0.2, 0.25) is 0 Å². The quantitative estimate of drug-likeness (QED) is 0.579. The molecule has 0 bridgehead atoms. The Hall–Kier alpha value is -2.50. The highest BCUT2D eigenvalue weighted by Crippen LogP contribution is 2.33. The molecule has 1 aromatic rings. The van der Waals surface area contributed by atoms with E-state index in [2.05, 4.69) is 5.32 Å². The van der Waals surface area contributed by atoms with Gasteiger partial charge in [-0.2, -0.15) is 0 Å². The number of thiophene rings is 1. The molecule has 2 aliphatic rings. The van der Waals surface area contributed by atoms with Gasteiger partial charge in [-0.25, -0.2) is 4.79 Å². The van der Waals surface area contributed by atoms with Crippen molar-refractivity contribution < 1.29 is 28.7 Å². The molecule has 3 N–H and O–H groups in total. The number of ether oxygens (including phenoxy) is 2. The second kappa shape index (κ2) is 10.2. The normalized spacial score (nSPS) is 19.3. The Bertz CT molecular complexity index is 856. The largest absolute Gasteiger partial charge is 0.462 e. The number of hydrogen-bond donors (Lipinski definition) is 2. The maximum absolute atomic E-state index is 12.6. The van der Waals surface area contributed by atoms with Crippen LogP contribution in [0.1, 0.15) is 45.4 Å². The fraction of sp³-hybridized carbons (Fsp3) is 0.600. The number of anilines is 1. The fourth-order valence-electron chi connectivity index (χ4n) is 3.76. The molecule has 2 fully saturated rings. The van der Waals surface area contributed by atoms with Crippen LogP contribution in [0.25, 0.3) is 0 Å². The zero-order valence-corrected chi connectivity index (χ0v) is 18.6. The van der Waals surface area contributed by atoms with E-state index in [0.717, 1.165) is 24.2 Å². The minimum absolute atomic E-state index is 0.0220. The number of carbonyl (C=O) groups is 4. The van der Waals surface area contributed by atoms with Crippen LogP contribution in [-0.2, 0) is 19.1 Å². The summed E-state index contributed by atoms with van der Waals surface area (Å²) >= 11 is 0.965. The standard InChI is InChI=1S/C20H28N4O6S/c1-3-29-20(28)15-12(2)16(17(21)26)31-18(15)22-14(25)11-23-6-8-24(9-7-23)19(27)13-5-4-10-30-13/h13H,3-11H2,1-2H3,(H2,21,26)(H,22,25). The van der Waals surface area contributed by atoms with Crippen molar-refractivity contribution in [2.75, 3.05) is 51.3 Å². The molecule has 1 unspecified atom stereocenters. The van der Waals surface area contributed by atoms with Crippen molar-refractivity contribution in [3.8, 4) is 0 Å². The van der Waals surface area contributed by atoms with Gasteiger partial charge in [-0.1, -0.05) is 0 Å². The Balaban J connectivity index is 1.58. The van der Waals surface area contributed by atoms with Crippen LogP contribution in [0, 0.1) is 6.92 Å². The maximum Gasteiger partial charge on any atom is 0.341 e. The summed E-state index contributed by atoms with van der Waals surface area (Å²) in [5, 5.41) is 2.97. The first-order chi connectivity index (χ1) is 14.8. The van der Waals surface area contributed by atoms with E-state index in [-0.39, 0.29) is 46.5 Å². The van der Waals surface area contributed by atoms with Crippen molar-refractivity contribution >= 4 is 40.0 Å². The van der Waals surface area contributed by atoms with E-state index in [1.165, 1.54) is 0 Å². The SMILES string of the molecule is CCOC(=O)c1c(NC(=O)CN2CCN(C(=O)C3CCCO3)CC2)sc(C(N)=O)c1C. The number of primary amides is 1. The number of esters is 1. The lowest BCUT2D eigenvalue weighted by atomic mass is 10.1. The van der Waals surface area contributed by atoms with E-state index in [0.29, 0.717) is 38.3 Å². The van der Waals surface area contributed by atoms with Crippen LogP contribution in [-0.4, -0.2) is 85.5 Å². The van der Waals surface area contributed by atoms with Gasteiger partial charge in [0.2, 0.25) is 5.91 Å². The van der Waals surface area contributed by atoms with Crippen molar-refractivity contribution in [1.82, 2.24) is 9.80 Å². The molecule has 1 atom stereocenters. The Kier molecular flexibility index (Phi) is 7.63. The molecule has 0 aromatic carbocycles. The lowest BCUT2D eigenvalue weighted by molar-refractivity contribution is -0.142. The van der Waals surface area contributed by atoms with Gasteiger partial charge in [-0.3, -0.25) is 19.3 Å². The third-order valence-corrected chi connectivity index (χ3v) is 6.58. The Morgan fingerprint density at radius 2 is 1.94 bits per heavy atom. The highest BCUT2D eigenvalue weighted by molar-refractivity contribution is 7.18. The molecule has 2 aliphatic heterocycles. The van der Waals surface area contributed by atoms with Gasteiger partial charge in [0.05, 0.1) is 23.6 Å². The van der Waals surface area contributed by atoms with Crippen molar-refractivity contribution in [3.05, 3.63) is 16.0 Å². The topological polar surface area (TPSA) is 131 Å². The maximum atomic E-state index is 12.6. The molecule has 3 heterocycles. The Morgan fingerprint density at radius 1 is 1.23 bits per heavy atom. The summed E-state index contributed by atoms with van der Waals surface area (Å²) in [5.74, 6) is -1.57. The molecule has 3 rings (SSSR count). The minimum atomic E-state index is -0.666. The molecule has 11 heteroatoms. The summed E-state index contributed by atoms with van der Waals surface area (Å²) < 4.78 is 10.5. The first kappa shape index (κ1) is 23.2. The number of nitrogens with two attached hydrogens (primary N) is 1. The minimum Gasteiger partial charge on any atom is -0.462 e. The van der Waals surface area contributed by atoms with E-state index < -0.39 is 11.9 Å². The van der Waals surface area contributed by atoms with Crippen molar-refractivity contribution in [3.63, 3.8) is 0 Å². The highest BCUT2D eigenvalue weighted by Gasteiger charge is 2.31. The fourth-order valence-corrected chi connectivity index (χ4v) is 4.82. The summed E-state index contributed by atoms with van der Waals surface area (Å²) in [7, 11) is 0. The van der Waals surface area contributed by atoms with Crippen LogP contribution in [0.5, 0.6) is 0 Å². The zero-order valence-electron chi connectivity index (χ0n) is 17.8. The predicted octanol–water partition coefficient (Wildman–Crippen LogP) is 0.594. The van der Waals surface area contributed by atoms with Crippen LogP contribution in [0.3, 0.4) is 0 Å². The lowest BCUT2D eigenvalue weighted by Gasteiger charge is -2.35. The molecule has 170 valence electrons. The van der Waals surface area contributed by atoms with Crippen LogP contribution < -0.4 is 11.1 Å². The summed E-state index contributed by atoms with van der Waals surface area (Å²) in [6, 6.07) is 0. The van der Waals surface area contributed by atoms with E-state index in [1.807, 2.05) is 4.90 Å². The van der Waals surface area contributed by atoms with Crippen LogP contribution in [0.4, 0.5) is 5.00 Å². The van der Waals surface area contributed by atoms with Gasteiger partial charge in [0.1, 0.15) is 11.1 Å². The van der Waals surface area contributed by atoms with Crippen molar-refractivity contribution in [2.45, 2.75) is 32.8 Å². The summed E-state index contributed by atoms with van der Waals surface area (Å²) in [5.41, 5.74) is 5.94. The van der Waals surface area contributed by atoms with Crippen LogP contribution >= 0.6 is 11.3 Å². The number of nitrogens with one attached hydrogen (secondary N) is 1. The monoisotopic (exact) mass is 452 g/mol. The smallest absolute Gasteiger partial charge is 0.341 e. The summed E-state index contributed by atoms with van der Waals surface area (Å²) in [4.78, 5) is 53.0. The number of piperazine rings is 1. The number of hydrogen-bond acceptors (Lipinski definition) is 8. The van der Waals surface area contributed by atoms with E-state index in [9.17, 15) is 19.2 Å². The van der Waals surface area contributed by atoms with Gasteiger partial charge in [0.25, 0.3) is 11.8 Å². The third-order valence-electron chi connectivity index (χ3n) is 5.36. The molecule has 0 saturated carbocycles. The number of carbonyl (C=O) groups excluding carboxylic acids is 4.